The molecule has 0 spiro atoms. The van der Waals surface area contributed by atoms with Crippen LogP contribution in [0.3, 0.4) is 0 Å². The number of carbonyl (C=O) groups excluding carboxylic acids is 1. The van der Waals surface area contributed by atoms with Crippen LogP contribution in [0.2, 0.25) is 0 Å². The minimum atomic E-state index is 0.00190. The van der Waals surface area contributed by atoms with E-state index in [4.69, 9.17) is 0 Å². The molecule has 0 aliphatic carbocycles. The molecule has 1 fully saturated rings. The molecule has 19 heavy (non-hydrogen) atoms. The van der Waals surface area contributed by atoms with Crippen molar-refractivity contribution in [2.45, 2.75) is 25.3 Å². The van der Waals surface area contributed by atoms with Crippen molar-refractivity contribution in [1.82, 2.24) is 4.90 Å². The van der Waals surface area contributed by atoms with Crippen molar-refractivity contribution in [2.75, 3.05) is 25.0 Å². The van der Waals surface area contributed by atoms with Gasteiger partial charge in [-0.15, -0.1) is 0 Å². The van der Waals surface area contributed by atoms with Crippen LogP contribution in [-0.4, -0.2) is 41.7 Å². The summed E-state index contributed by atoms with van der Waals surface area (Å²) in [6.07, 6.45) is 2.74. The molecular formula is C15H20N2O2. The number of aliphatic hydroxyl groups excluding tert-OH is 1. The number of fused-ring (bicyclic) bond motifs is 1. The van der Waals surface area contributed by atoms with Gasteiger partial charge >= 0.3 is 0 Å². The van der Waals surface area contributed by atoms with Crippen LogP contribution in [0, 0.1) is 5.92 Å². The van der Waals surface area contributed by atoms with Gasteiger partial charge in [-0.05, 0) is 30.9 Å². The van der Waals surface area contributed by atoms with Crippen molar-refractivity contribution in [3.63, 3.8) is 0 Å². The van der Waals surface area contributed by atoms with Crippen molar-refractivity contribution >= 4 is 11.6 Å². The Morgan fingerprint density at radius 1 is 1.42 bits per heavy atom. The Hall–Kier alpha value is -1.55. The van der Waals surface area contributed by atoms with Crippen molar-refractivity contribution in [1.29, 1.82) is 0 Å². The Morgan fingerprint density at radius 2 is 2.26 bits per heavy atom. The molecule has 1 amide bonds. The Balaban J connectivity index is 1.72. The predicted molar refractivity (Wildman–Crippen MR) is 73.9 cm³/mol. The average molecular weight is 260 g/mol. The molecule has 1 unspecified atom stereocenters. The molecule has 0 saturated carbocycles. The Kier molecular flexibility index (Phi) is 3.42. The molecule has 1 aromatic carbocycles. The van der Waals surface area contributed by atoms with Crippen LogP contribution in [0.4, 0.5) is 5.69 Å². The summed E-state index contributed by atoms with van der Waals surface area (Å²) in [5.74, 6) is 0.195. The Labute approximate surface area is 113 Å². The average Bonchev–Trinajstić information content (AvgIpc) is 2.94. The number of amides is 1. The summed E-state index contributed by atoms with van der Waals surface area (Å²) in [5.41, 5.74) is 2.36. The van der Waals surface area contributed by atoms with E-state index >= 15 is 0 Å². The van der Waals surface area contributed by atoms with Gasteiger partial charge in [0.2, 0.25) is 5.91 Å². The van der Waals surface area contributed by atoms with E-state index < -0.39 is 0 Å². The van der Waals surface area contributed by atoms with Gasteiger partial charge in [-0.2, -0.15) is 0 Å². The van der Waals surface area contributed by atoms with Gasteiger partial charge in [-0.25, -0.2) is 0 Å². The van der Waals surface area contributed by atoms with Crippen LogP contribution in [0.1, 0.15) is 18.4 Å². The van der Waals surface area contributed by atoms with Crippen LogP contribution >= 0.6 is 0 Å². The molecule has 2 atom stereocenters. The van der Waals surface area contributed by atoms with Gasteiger partial charge in [0.1, 0.15) is 0 Å². The standard InChI is InChI=1S/C15H20N2O2/c18-10-13-5-3-7-17(13)15(19)12-8-11-4-1-2-6-14(11)16-9-12/h1-2,4,6,12-13,16,18H,3,5,7-10H2/t12?,13-/m0/s1. The SMILES string of the molecule is O=C(C1CNc2ccccc2C1)N1CCC[C@H]1CO. The molecule has 0 aromatic heterocycles. The van der Waals surface area contributed by atoms with Crippen molar-refractivity contribution < 1.29 is 9.90 Å². The number of carbonyl (C=O) groups is 1. The summed E-state index contributed by atoms with van der Waals surface area (Å²) >= 11 is 0. The van der Waals surface area contributed by atoms with E-state index in [0.717, 1.165) is 31.5 Å². The van der Waals surface area contributed by atoms with Gasteiger partial charge in [-0.1, -0.05) is 18.2 Å². The molecular weight excluding hydrogens is 240 g/mol. The third-order valence-corrected chi connectivity index (χ3v) is 4.24. The first-order valence-electron chi connectivity index (χ1n) is 7.02. The fourth-order valence-corrected chi connectivity index (χ4v) is 3.17. The lowest BCUT2D eigenvalue weighted by Gasteiger charge is -2.31. The number of anilines is 1. The van der Waals surface area contributed by atoms with E-state index in [9.17, 15) is 9.90 Å². The second-order valence-corrected chi connectivity index (χ2v) is 5.45. The molecule has 3 rings (SSSR count). The highest BCUT2D eigenvalue weighted by Gasteiger charge is 2.34. The topological polar surface area (TPSA) is 52.6 Å². The zero-order valence-electron chi connectivity index (χ0n) is 11.0. The summed E-state index contributed by atoms with van der Waals surface area (Å²) in [6.45, 7) is 1.58. The van der Waals surface area contributed by atoms with Crippen LogP contribution in [0.25, 0.3) is 0 Å². The maximum atomic E-state index is 12.6. The van der Waals surface area contributed by atoms with E-state index in [2.05, 4.69) is 17.4 Å². The van der Waals surface area contributed by atoms with Crippen LogP contribution in [0.5, 0.6) is 0 Å². The van der Waals surface area contributed by atoms with E-state index in [0.29, 0.717) is 6.54 Å². The summed E-state index contributed by atoms with van der Waals surface area (Å²) in [4.78, 5) is 14.4. The molecule has 2 N–H and O–H groups in total. The van der Waals surface area contributed by atoms with Crippen LogP contribution in [-0.2, 0) is 11.2 Å². The molecule has 0 bridgehead atoms. The highest BCUT2D eigenvalue weighted by atomic mass is 16.3. The number of benzene rings is 1. The second kappa shape index (κ2) is 5.21. The largest absolute Gasteiger partial charge is 0.394 e. The quantitative estimate of drug-likeness (QED) is 0.841. The number of hydrogen-bond acceptors (Lipinski definition) is 3. The summed E-state index contributed by atoms with van der Waals surface area (Å²) < 4.78 is 0. The summed E-state index contributed by atoms with van der Waals surface area (Å²) in [6, 6.07) is 8.19. The molecule has 2 aliphatic heterocycles. The Bertz CT molecular complexity index is 475. The first kappa shape index (κ1) is 12.5. The lowest BCUT2D eigenvalue weighted by atomic mass is 9.92. The van der Waals surface area contributed by atoms with Gasteiger partial charge in [0, 0.05) is 18.8 Å². The van der Waals surface area contributed by atoms with Crippen molar-refractivity contribution in [2.24, 2.45) is 5.92 Å². The number of rotatable bonds is 2. The number of nitrogens with zero attached hydrogens (tertiary/aromatic N) is 1. The minimum absolute atomic E-state index is 0.00190. The Morgan fingerprint density at radius 3 is 3.11 bits per heavy atom. The zero-order valence-corrected chi connectivity index (χ0v) is 11.0. The first-order chi connectivity index (χ1) is 9.29. The van der Waals surface area contributed by atoms with Gasteiger partial charge < -0.3 is 15.3 Å². The fourth-order valence-electron chi connectivity index (χ4n) is 3.17. The van der Waals surface area contributed by atoms with Gasteiger partial charge in [0.05, 0.1) is 18.6 Å². The maximum absolute atomic E-state index is 12.6. The fraction of sp³-hybridized carbons (Fsp3) is 0.533. The number of para-hydroxylation sites is 1. The summed E-state index contributed by atoms with van der Waals surface area (Å²) in [7, 11) is 0. The monoisotopic (exact) mass is 260 g/mol. The normalized spacial score (nSPS) is 25.8. The maximum Gasteiger partial charge on any atom is 0.228 e. The number of nitrogens with one attached hydrogen (secondary N) is 1. The van der Waals surface area contributed by atoms with Gasteiger partial charge in [0.15, 0.2) is 0 Å². The molecule has 1 aromatic rings. The molecule has 102 valence electrons. The smallest absolute Gasteiger partial charge is 0.228 e. The molecule has 4 heteroatoms. The number of likely N-dealkylation sites (tertiary alicyclic amines) is 1. The van der Waals surface area contributed by atoms with Crippen molar-refractivity contribution in [3.8, 4) is 0 Å². The zero-order chi connectivity index (χ0) is 13.2. The first-order valence-corrected chi connectivity index (χ1v) is 7.02. The number of aliphatic hydroxyl groups is 1. The molecule has 2 aliphatic rings. The van der Waals surface area contributed by atoms with E-state index in [1.807, 2.05) is 17.0 Å². The second-order valence-electron chi connectivity index (χ2n) is 5.45. The molecule has 2 heterocycles. The lowest BCUT2D eigenvalue weighted by molar-refractivity contribution is -0.136. The lowest BCUT2D eigenvalue weighted by Crippen LogP contribution is -2.44. The minimum Gasteiger partial charge on any atom is -0.394 e. The highest BCUT2D eigenvalue weighted by molar-refractivity contribution is 5.81. The highest BCUT2D eigenvalue weighted by Crippen LogP contribution is 2.27. The van der Waals surface area contributed by atoms with Crippen LogP contribution < -0.4 is 5.32 Å². The molecule has 0 radical (unpaired) electrons. The summed E-state index contributed by atoms with van der Waals surface area (Å²) in [5, 5.41) is 12.7. The van der Waals surface area contributed by atoms with E-state index in [1.54, 1.807) is 0 Å². The van der Waals surface area contributed by atoms with Crippen LogP contribution in [0.15, 0.2) is 24.3 Å². The third kappa shape index (κ3) is 2.32. The van der Waals surface area contributed by atoms with Gasteiger partial charge in [-0.3, -0.25) is 4.79 Å². The number of hydrogen-bond donors (Lipinski definition) is 2. The van der Waals surface area contributed by atoms with E-state index in [-0.39, 0.29) is 24.5 Å². The van der Waals surface area contributed by atoms with Crippen molar-refractivity contribution in [3.05, 3.63) is 29.8 Å². The van der Waals surface area contributed by atoms with Gasteiger partial charge in [0.25, 0.3) is 0 Å². The predicted octanol–water partition coefficient (Wildman–Crippen LogP) is 1.25. The molecule has 1 saturated heterocycles. The molecule has 4 nitrogen and oxygen atoms in total. The van der Waals surface area contributed by atoms with E-state index in [1.165, 1.54) is 5.56 Å². The third-order valence-electron chi connectivity index (χ3n) is 4.24.